The van der Waals surface area contributed by atoms with E-state index in [0.29, 0.717) is 18.8 Å². The molecule has 1 saturated heterocycles. The number of rotatable bonds is 5. The number of nitrogens with one attached hydrogen (secondary N) is 1. The van der Waals surface area contributed by atoms with Crippen LogP contribution in [0.15, 0.2) is 24.3 Å². The average Bonchev–Trinajstić information content (AvgIpc) is 2.46. The van der Waals surface area contributed by atoms with Crippen LogP contribution < -0.4 is 10.1 Å². The van der Waals surface area contributed by atoms with Gasteiger partial charge in [-0.1, -0.05) is 0 Å². The van der Waals surface area contributed by atoms with Crippen LogP contribution in [0.2, 0.25) is 0 Å². The summed E-state index contributed by atoms with van der Waals surface area (Å²) in [7, 11) is 0. The predicted molar refractivity (Wildman–Crippen MR) is 70.4 cm³/mol. The first kappa shape index (κ1) is 13.8. The van der Waals surface area contributed by atoms with E-state index in [-0.39, 0.29) is 11.9 Å². The highest BCUT2D eigenvalue weighted by Gasteiger charge is 2.20. The molecule has 2 rings (SSSR count). The number of nitrogens with zero attached hydrogens (tertiary/aromatic N) is 2. The summed E-state index contributed by atoms with van der Waals surface area (Å²) in [6.45, 7) is 4.20. The van der Waals surface area contributed by atoms with Gasteiger partial charge in [0.25, 0.3) is 0 Å². The summed E-state index contributed by atoms with van der Waals surface area (Å²) in [4.78, 5) is 2.27. The van der Waals surface area contributed by atoms with Crippen LogP contribution in [0.1, 0.15) is 6.42 Å². The van der Waals surface area contributed by atoms with Crippen molar-refractivity contribution in [3.05, 3.63) is 30.1 Å². The van der Waals surface area contributed by atoms with Gasteiger partial charge in [0.1, 0.15) is 18.2 Å². The lowest BCUT2D eigenvalue weighted by Crippen LogP contribution is -2.50. The van der Waals surface area contributed by atoms with Crippen molar-refractivity contribution in [3.8, 4) is 11.8 Å². The molecule has 0 radical (unpaired) electrons. The maximum atomic E-state index is 12.8. The summed E-state index contributed by atoms with van der Waals surface area (Å²) in [5.74, 6) is 0.363. The lowest BCUT2D eigenvalue weighted by molar-refractivity contribution is 0.123. The maximum absolute atomic E-state index is 12.8. The zero-order valence-corrected chi connectivity index (χ0v) is 10.8. The zero-order valence-electron chi connectivity index (χ0n) is 10.8. The van der Waals surface area contributed by atoms with Gasteiger partial charge in [-0.05, 0) is 24.3 Å². The van der Waals surface area contributed by atoms with Gasteiger partial charge in [0, 0.05) is 26.2 Å². The summed E-state index contributed by atoms with van der Waals surface area (Å²) in [5, 5.41) is 12.2. The van der Waals surface area contributed by atoms with E-state index in [1.54, 1.807) is 12.1 Å². The minimum atomic E-state index is -0.275. The molecule has 1 atom stereocenters. The van der Waals surface area contributed by atoms with Crippen LogP contribution in [0.5, 0.6) is 5.75 Å². The highest BCUT2D eigenvalue weighted by Crippen LogP contribution is 2.13. The van der Waals surface area contributed by atoms with Gasteiger partial charge >= 0.3 is 0 Å². The number of hydrogen-bond donors (Lipinski definition) is 1. The predicted octanol–water partition coefficient (Wildman–Crippen LogP) is 1.39. The van der Waals surface area contributed by atoms with E-state index in [9.17, 15) is 4.39 Å². The smallest absolute Gasteiger partial charge is 0.123 e. The number of nitriles is 1. The van der Waals surface area contributed by atoms with Gasteiger partial charge in [0.05, 0.1) is 18.5 Å². The van der Waals surface area contributed by atoms with Crippen molar-refractivity contribution in [1.82, 2.24) is 10.2 Å². The second-order valence-electron chi connectivity index (χ2n) is 4.57. The Labute approximate surface area is 112 Å². The monoisotopic (exact) mass is 263 g/mol. The fraction of sp³-hybridized carbons (Fsp3) is 0.500. The van der Waals surface area contributed by atoms with E-state index < -0.39 is 0 Å². The molecular weight excluding hydrogens is 245 g/mol. The van der Waals surface area contributed by atoms with E-state index in [1.807, 2.05) is 0 Å². The van der Waals surface area contributed by atoms with E-state index in [1.165, 1.54) is 12.1 Å². The van der Waals surface area contributed by atoms with Crippen molar-refractivity contribution >= 4 is 0 Å². The molecule has 1 aliphatic rings. The third kappa shape index (κ3) is 4.19. The molecule has 1 aliphatic heterocycles. The van der Waals surface area contributed by atoms with Gasteiger partial charge in [0.15, 0.2) is 0 Å². The van der Waals surface area contributed by atoms with Crippen molar-refractivity contribution < 1.29 is 9.13 Å². The summed E-state index contributed by atoms with van der Waals surface area (Å²) >= 11 is 0. The normalized spacial score (nSPS) is 17.7. The van der Waals surface area contributed by atoms with Gasteiger partial charge in [-0.25, -0.2) is 4.39 Å². The molecule has 1 heterocycles. The fourth-order valence-electron chi connectivity index (χ4n) is 2.17. The molecule has 0 aromatic heterocycles. The second-order valence-corrected chi connectivity index (χ2v) is 4.57. The van der Waals surface area contributed by atoms with Crippen molar-refractivity contribution in [2.45, 2.75) is 12.5 Å². The van der Waals surface area contributed by atoms with Crippen LogP contribution >= 0.6 is 0 Å². The summed E-state index contributed by atoms with van der Waals surface area (Å²) in [6, 6.07) is 8.27. The van der Waals surface area contributed by atoms with E-state index in [4.69, 9.17) is 10.00 Å². The number of benzene rings is 1. The molecule has 1 aromatic carbocycles. The van der Waals surface area contributed by atoms with E-state index in [2.05, 4.69) is 16.3 Å². The minimum Gasteiger partial charge on any atom is -0.492 e. The van der Waals surface area contributed by atoms with E-state index >= 15 is 0 Å². The maximum Gasteiger partial charge on any atom is 0.123 e. The summed E-state index contributed by atoms with van der Waals surface area (Å²) in [5.41, 5.74) is 0. The van der Waals surface area contributed by atoms with Gasteiger partial charge < -0.3 is 10.1 Å². The molecule has 0 amide bonds. The molecule has 19 heavy (non-hydrogen) atoms. The quantitative estimate of drug-likeness (QED) is 0.872. The molecule has 1 N–H and O–H groups in total. The van der Waals surface area contributed by atoms with Crippen LogP contribution in [0.25, 0.3) is 0 Å². The molecule has 0 saturated carbocycles. The van der Waals surface area contributed by atoms with Crippen LogP contribution in [-0.4, -0.2) is 43.7 Å². The SMILES string of the molecule is N#CCC(COc1ccc(F)cc1)N1CCNCC1. The third-order valence-corrected chi connectivity index (χ3v) is 3.25. The highest BCUT2D eigenvalue weighted by atomic mass is 19.1. The Bertz CT molecular complexity index is 423. The van der Waals surface area contributed by atoms with Crippen molar-refractivity contribution in [2.24, 2.45) is 0 Å². The second kappa shape index (κ2) is 7.07. The lowest BCUT2D eigenvalue weighted by atomic mass is 10.2. The summed E-state index contributed by atoms with van der Waals surface area (Å²) < 4.78 is 18.4. The van der Waals surface area contributed by atoms with Crippen molar-refractivity contribution in [2.75, 3.05) is 32.8 Å². The first-order valence-corrected chi connectivity index (χ1v) is 6.49. The van der Waals surface area contributed by atoms with Crippen LogP contribution in [0.4, 0.5) is 4.39 Å². The number of halogens is 1. The lowest BCUT2D eigenvalue weighted by Gasteiger charge is -2.33. The Morgan fingerprint density at radius 3 is 2.63 bits per heavy atom. The Hall–Kier alpha value is -1.64. The van der Waals surface area contributed by atoms with Crippen molar-refractivity contribution in [1.29, 1.82) is 5.26 Å². The van der Waals surface area contributed by atoms with Gasteiger partial charge in [0.2, 0.25) is 0 Å². The van der Waals surface area contributed by atoms with Gasteiger partial charge in [-0.3, -0.25) is 4.90 Å². The largest absolute Gasteiger partial charge is 0.492 e. The Morgan fingerprint density at radius 1 is 1.32 bits per heavy atom. The van der Waals surface area contributed by atoms with Crippen LogP contribution in [-0.2, 0) is 0 Å². The molecule has 102 valence electrons. The topological polar surface area (TPSA) is 48.3 Å². The molecule has 1 fully saturated rings. The Kier molecular flexibility index (Phi) is 5.13. The molecule has 1 aromatic rings. The summed E-state index contributed by atoms with van der Waals surface area (Å²) in [6.07, 6.45) is 0.446. The number of ether oxygens (including phenoxy) is 1. The van der Waals surface area contributed by atoms with Crippen molar-refractivity contribution in [3.63, 3.8) is 0 Å². The Balaban J connectivity index is 1.89. The molecule has 5 heteroatoms. The van der Waals surface area contributed by atoms with Crippen LogP contribution in [0.3, 0.4) is 0 Å². The number of piperazine rings is 1. The van der Waals surface area contributed by atoms with Gasteiger partial charge in [-0.2, -0.15) is 5.26 Å². The first-order valence-electron chi connectivity index (χ1n) is 6.49. The van der Waals surface area contributed by atoms with Gasteiger partial charge in [-0.15, -0.1) is 0 Å². The minimum absolute atomic E-state index is 0.0946. The fourth-order valence-corrected chi connectivity index (χ4v) is 2.17. The average molecular weight is 263 g/mol. The zero-order chi connectivity index (χ0) is 13.5. The molecular formula is C14H18FN3O. The van der Waals surface area contributed by atoms with Crippen LogP contribution in [0, 0.1) is 17.1 Å². The van der Waals surface area contributed by atoms with E-state index in [0.717, 1.165) is 26.2 Å². The standard InChI is InChI=1S/C14H18FN3O/c15-12-1-3-14(4-2-12)19-11-13(5-6-16)18-9-7-17-8-10-18/h1-4,13,17H,5,7-11H2. The molecule has 4 nitrogen and oxygen atoms in total. The molecule has 0 aliphatic carbocycles. The molecule has 0 spiro atoms. The number of hydrogen-bond acceptors (Lipinski definition) is 4. The first-order chi connectivity index (χ1) is 9.29. The molecule has 1 unspecified atom stereocenters. The Morgan fingerprint density at radius 2 is 2.00 bits per heavy atom. The highest BCUT2D eigenvalue weighted by molar-refractivity contribution is 5.22. The molecule has 0 bridgehead atoms. The third-order valence-electron chi connectivity index (χ3n) is 3.25.